The number of carbonyl (C=O) groups is 1. The number of hydrogen-bond acceptors (Lipinski definition) is 7. The number of anilines is 2. The Morgan fingerprint density at radius 1 is 1.06 bits per heavy atom. The van der Waals surface area contributed by atoms with Gasteiger partial charge in [-0.15, -0.1) is 0 Å². The Balaban J connectivity index is 1.91. The van der Waals surface area contributed by atoms with Crippen LogP contribution in [0.25, 0.3) is 0 Å². The van der Waals surface area contributed by atoms with Crippen molar-refractivity contribution in [2.24, 2.45) is 0 Å². The van der Waals surface area contributed by atoms with Gasteiger partial charge in [0.25, 0.3) is 5.91 Å². The van der Waals surface area contributed by atoms with Crippen molar-refractivity contribution in [1.29, 1.82) is 0 Å². The van der Waals surface area contributed by atoms with E-state index in [1.54, 1.807) is 19.1 Å². The number of carbonyl (C=O) groups excluding carboxylic acids is 1. The Kier molecular flexibility index (Phi) is 7.08. The zero-order valence-electron chi connectivity index (χ0n) is 17.9. The molecular weight excluding hydrogens is 458 g/mol. The van der Waals surface area contributed by atoms with Crippen LogP contribution in [0.1, 0.15) is 15.9 Å². The summed E-state index contributed by atoms with van der Waals surface area (Å²) in [7, 11) is -5.93. The van der Waals surface area contributed by atoms with E-state index in [1.165, 1.54) is 35.7 Å². The van der Waals surface area contributed by atoms with Gasteiger partial charge in [0, 0.05) is 18.8 Å². The van der Waals surface area contributed by atoms with Crippen LogP contribution in [0.2, 0.25) is 0 Å². The minimum Gasteiger partial charge on any atom is -0.496 e. The molecule has 0 saturated carbocycles. The predicted octanol–water partition coefficient (Wildman–Crippen LogP) is 1.65. The molecule has 174 valence electrons. The Morgan fingerprint density at radius 2 is 1.75 bits per heavy atom. The lowest BCUT2D eigenvalue weighted by Gasteiger charge is -2.26. The molecule has 1 aliphatic heterocycles. The molecule has 2 aromatic carbocycles. The third kappa shape index (κ3) is 5.57. The van der Waals surface area contributed by atoms with Gasteiger partial charge in [0.2, 0.25) is 20.0 Å². The van der Waals surface area contributed by atoms with E-state index in [0.717, 1.165) is 6.26 Å². The molecule has 1 amide bonds. The van der Waals surface area contributed by atoms with Gasteiger partial charge in [-0.25, -0.2) is 16.8 Å². The number of nitrogens with zero attached hydrogens (tertiary/aromatic N) is 1. The molecule has 0 unspecified atom stereocenters. The monoisotopic (exact) mass is 483 g/mol. The van der Waals surface area contributed by atoms with Crippen LogP contribution in [0.4, 0.5) is 11.4 Å². The van der Waals surface area contributed by atoms with E-state index in [9.17, 15) is 21.6 Å². The van der Waals surface area contributed by atoms with Crippen molar-refractivity contribution < 1.29 is 31.1 Å². The van der Waals surface area contributed by atoms with E-state index in [4.69, 9.17) is 9.47 Å². The first-order chi connectivity index (χ1) is 15.0. The predicted molar refractivity (Wildman–Crippen MR) is 120 cm³/mol. The van der Waals surface area contributed by atoms with Crippen molar-refractivity contribution in [2.45, 2.75) is 11.8 Å². The average molecular weight is 484 g/mol. The number of amides is 1. The van der Waals surface area contributed by atoms with Crippen molar-refractivity contribution in [2.75, 3.05) is 49.7 Å². The molecule has 2 N–H and O–H groups in total. The smallest absolute Gasteiger partial charge is 0.259 e. The lowest BCUT2D eigenvalue weighted by molar-refractivity contribution is 0.0730. The summed E-state index contributed by atoms with van der Waals surface area (Å²) in [5.41, 5.74) is 1.35. The van der Waals surface area contributed by atoms with Crippen molar-refractivity contribution in [3.63, 3.8) is 0 Å². The minimum absolute atomic E-state index is 0.0278. The van der Waals surface area contributed by atoms with Gasteiger partial charge in [0.05, 0.1) is 42.7 Å². The SMILES string of the molecule is COc1ccc(S(=O)(=O)N2CCOCC2)cc1C(=O)Nc1ccc(C)c(NS(C)(=O)=O)c1. The van der Waals surface area contributed by atoms with E-state index in [0.29, 0.717) is 30.2 Å². The molecule has 2 aromatic rings. The van der Waals surface area contributed by atoms with Crippen LogP contribution in [0.3, 0.4) is 0 Å². The maximum Gasteiger partial charge on any atom is 0.259 e. The zero-order valence-corrected chi connectivity index (χ0v) is 19.5. The second-order valence-electron chi connectivity index (χ2n) is 7.24. The maximum atomic E-state index is 13.0. The first-order valence-electron chi connectivity index (χ1n) is 9.67. The Bertz CT molecular complexity index is 1220. The van der Waals surface area contributed by atoms with E-state index in [-0.39, 0.29) is 29.3 Å². The molecule has 3 rings (SSSR count). The van der Waals surface area contributed by atoms with E-state index < -0.39 is 26.0 Å². The highest BCUT2D eigenvalue weighted by atomic mass is 32.2. The third-order valence-electron chi connectivity index (χ3n) is 4.81. The summed E-state index contributed by atoms with van der Waals surface area (Å²) in [6, 6.07) is 8.83. The van der Waals surface area contributed by atoms with Gasteiger partial charge in [-0.3, -0.25) is 9.52 Å². The minimum atomic E-state index is -3.81. The van der Waals surface area contributed by atoms with Crippen LogP contribution >= 0.6 is 0 Å². The van der Waals surface area contributed by atoms with Gasteiger partial charge in [0.15, 0.2) is 0 Å². The number of methoxy groups -OCH3 is 1. The number of morpholine rings is 1. The summed E-state index contributed by atoms with van der Waals surface area (Å²) in [5.74, 6) is -0.403. The van der Waals surface area contributed by atoms with E-state index >= 15 is 0 Å². The highest BCUT2D eigenvalue weighted by molar-refractivity contribution is 7.92. The van der Waals surface area contributed by atoms with E-state index in [1.807, 2.05) is 0 Å². The molecular formula is C20H25N3O7S2. The van der Waals surface area contributed by atoms with Crippen LogP contribution in [-0.2, 0) is 24.8 Å². The quantitative estimate of drug-likeness (QED) is 0.612. The first kappa shape index (κ1) is 24.0. The fourth-order valence-electron chi connectivity index (χ4n) is 3.17. The Hall–Kier alpha value is -2.67. The molecule has 0 aliphatic carbocycles. The zero-order chi connectivity index (χ0) is 23.5. The summed E-state index contributed by atoms with van der Waals surface area (Å²) in [4.78, 5) is 12.9. The van der Waals surface area contributed by atoms with Crippen LogP contribution < -0.4 is 14.8 Å². The van der Waals surface area contributed by atoms with Gasteiger partial charge in [-0.2, -0.15) is 4.31 Å². The molecule has 1 saturated heterocycles. The number of hydrogen-bond donors (Lipinski definition) is 2. The van der Waals surface area contributed by atoms with Crippen LogP contribution in [0, 0.1) is 6.92 Å². The van der Waals surface area contributed by atoms with Crippen molar-refractivity contribution in [3.8, 4) is 5.75 Å². The fraction of sp³-hybridized carbons (Fsp3) is 0.350. The van der Waals surface area contributed by atoms with Crippen molar-refractivity contribution in [3.05, 3.63) is 47.5 Å². The normalized spacial score (nSPS) is 15.2. The molecule has 1 fully saturated rings. The number of ether oxygens (including phenoxy) is 2. The highest BCUT2D eigenvalue weighted by Crippen LogP contribution is 2.27. The summed E-state index contributed by atoms with van der Waals surface area (Å²) in [6.45, 7) is 2.80. The van der Waals surface area contributed by atoms with Crippen molar-refractivity contribution in [1.82, 2.24) is 4.31 Å². The van der Waals surface area contributed by atoms with Crippen LogP contribution in [0.15, 0.2) is 41.3 Å². The average Bonchev–Trinajstić information content (AvgIpc) is 2.75. The third-order valence-corrected chi connectivity index (χ3v) is 7.30. The van der Waals surface area contributed by atoms with Gasteiger partial charge < -0.3 is 14.8 Å². The molecule has 0 spiro atoms. The Morgan fingerprint density at radius 3 is 2.38 bits per heavy atom. The first-order valence-corrected chi connectivity index (χ1v) is 13.0. The number of nitrogens with one attached hydrogen (secondary N) is 2. The number of sulfonamides is 2. The van der Waals surface area contributed by atoms with Crippen LogP contribution in [-0.4, -0.2) is 66.7 Å². The second-order valence-corrected chi connectivity index (χ2v) is 10.9. The molecule has 0 bridgehead atoms. The standard InChI is InChI=1S/C20H25N3O7S2/c1-14-4-5-15(12-18(14)22-31(3,25)26)21-20(24)17-13-16(6-7-19(17)29-2)32(27,28)23-8-10-30-11-9-23/h4-7,12-13,22H,8-11H2,1-3H3,(H,21,24). The van der Waals surface area contributed by atoms with Gasteiger partial charge in [0.1, 0.15) is 5.75 Å². The Labute approximate surface area is 187 Å². The highest BCUT2D eigenvalue weighted by Gasteiger charge is 2.28. The number of rotatable bonds is 7. The molecule has 32 heavy (non-hydrogen) atoms. The van der Waals surface area contributed by atoms with Crippen LogP contribution in [0.5, 0.6) is 5.75 Å². The largest absolute Gasteiger partial charge is 0.496 e. The van der Waals surface area contributed by atoms with Gasteiger partial charge >= 0.3 is 0 Å². The summed E-state index contributed by atoms with van der Waals surface area (Å²) in [5, 5.41) is 2.66. The topological polar surface area (TPSA) is 131 Å². The fourth-order valence-corrected chi connectivity index (χ4v) is 5.22. The second kappa shape index (κ2) is 9.45. The molecule has 1 heterocycles. The molecule has 12 heteroatoms. The molecule has 10 nitrogen and oxygen atoms in total. The van der Waals surface area contributed by atoms with E-state index in [2.05, 4.69) is 10.0 Å². The molecule has 0 atom stereocenters. The maximum absolute atomic E-state index is 13.0. The molecule has 0 radical (unpaired) electrons. The molecule has 0 aromatic heterocycles. The summed E-state index contributed by atoms with van der Waals surface area (Å²) < 4.78 is 63.2. The van der Waals surface area contributed by atoms with Gasteiger partial charge in [-0.05, 0) is 42.8 Å². The molecule has 1 aliphatic rings. The lowest BCUT2D eigenvalue weighted by Crippen LogP contribution is -2.40. The van der Waals surface area contributed by atoms with Crippen molar-refractivity contribution >= 4 is 37.3 Å². The number of benzene rings is 2. The summed E-state index contributed by atoms with van der Waals surface area (Å²) in [6.07, 6.45) is 1.03. The summed E-state index contributed by atoms with van der Waals surface area (Å²) >= 11 is 0. The van der Waals surface area contributed by atoms with Gasteiger partial charge in [-0.1, -0.05) is 6.07 Å². The number of aryl methyl sites for hydroxylation is 1. The lowest BCUT2D eigenvalue weighted by atomic mass is 10.1.